The molecule has 1 aliphatic rings. The first kappa shape index (κ1) is 13.3. The first-order chi connectivity index (χ1) is 7.76. The lowest BCUT2D eigenvalue weighted by Crippen LogP contribution is -2.46. The maximum atomic E-state index is 5.45. The van der Waals surface area contributed by atoms with Crippen molar-refractivity contribution in [1.82, 2.24) is 10.7 Å². The molecule has 1 saturated carbocycles. The van der Waals surface area contributed by atoms with E-state index in [1.165, 1.54) is 25.7 Å². The van der Waals surface area contributed by atoms with E-state index in [1.807, 2.05) is 0 Å². The molecule has 1 aliphatic carbocycles. The Morgan fingerprint density at radius 3 is 2.75 bits per heavy atom. The number of methoxy groups -OCH3 is 1. The molecule has 0 radical (unpaired) electrons. The van der Waals surface area contributed by atoms with Crippen molar-refractivity contribution in [2.75, 3.05) is 13.7 Å². The van der Waals surface area contributed by atoms with Crippen LogP contribution in [0.2, 0.25) is 0 Å². The summed E-state index contributed by atoms with van der Waals surface area (Å²) >= 11 is 0. The molecule has 0 aromatic heterocycles. The zero-order valence-corrected chi connectivity index (χ0v) is 10.3. The van der Waals surface area contributed by atoms with Gasteiger partial charge in [-0.1, -0.05) is 12.8 Å². The number of hydrogen-bond donors (Lipinski definition) is 3. The van der Waals surface area contributed by atoms with E-state index >= 15 is 0 Å². The molecule has 0 bridgehead atoms. The van der Waals surface area contributed by atoms with Gasteiger partial charge in [0.25, 0.3) is 0 Å². The molecule has 0 aromatic carbocycles. The highest BCUT2D eigenvalue weighted by atomic mass is 16.5. The third-order valence-corrected chi connectivity index (χ3v) is 2.91. The lowest BCUT2D eigenvalue weighted by atomic mass is 10.2. The molecule has 0 heterocycles. The van der Waals surface area contributed by atoms with Gasteiger partial charge in [-0.3, -0.25) is 5.43 Å². The molecule has 0 spiro atoms. The second-order valence-electron chi connectivity index (χ2n) is 4.39. The molecule has 5 heteroatoms. The quantitative estimate of drug-likeness (QED) is 0.281. The fraction of sp³-hybridized carbons (Fsp3) is 0.909. The van der Waals surface area contributed by atoms with Crippen LogP contribution in [0.3, 0.4) is 0 Å². The van der Waals surface area contributed by atoms with Crippen molar-refractivity contribution in [2.24, 2.45) is 10.8 Å². The summed E-state index contributed by atoms with van der Waals surface area (Å²) in [5.41, 5.74) is 2.63. The van der Waals surface area contributed by atoms with Crippen molar-refractivity contribution >= 4 is 5.96 Å². The van der Waals surface area contributed by atoms with E-state index in [-0.39, 0.29) is 0 Å². The van der Waals surface area contributed by atoms with Gasteiger partial charge in [-0.15, -0.1) is 0 Å². The predicted molar refractivity (Wildman–Crippen MR) is 66.1 cm³/mol. The van der Waals surface area contributed by atoms with Crippen LogP contribution < -0.4 is 16.6 Å². The van der Waals surface area contributed by atoms with Crippen LogP contribution >= 0.6 is 0 Å². The van der Waals surface area contributed by atoms with Gasteiger partial charge in [0.15, 0.2) is 0 Å². The van der Waals surface area contributed by atoms with Gasteiger partial charge in [-0.25, -0.2) is 10.8 Å². The minimum atomic E-state index is 0.316. The van der Waals surface area contributed by atoms with E-state index in [9.17, 15) is 0 Å². The summed E-state index contributed by atoms with van der Waals surface area (Å²) in [7, 11) is 1.71. The van der Waals surface area contributed by atoms with Crippen LogP contribution in [0.5, 0.6) is 0 Å². The number of guanidine groups is 1. The number of nitrogens with one attached hydrogen (secondary N) is 2. The van der Waals surface area contributed by atoms with Crippen molar-refractivity contribution in [1.29, 1.82) is 0 Å². The zero-order chi connectivity index (χ0) is 11.8. The molecule has 0 aliphatic heterocycles. The largest absolute Gasteiger partial charge is 0.385 e. The first-order valence-electron chi connectivity index (χ1n) is 6.06. The monoisotopic (exact) mass is 228 g/mol. The Hall–Kier alpha value is -0.810. The predicted octanol–water partition coefficient (Wildman–Crippen LogP) is 0.763. The summed E-state index contributed by atoms with van der Waals surface area (Å²) in [6.07, 6.45) is 5.87. The maximum Gasteiger partial charge on any atom is 0.206 e. The molecule has 5 nitrogen and oxygen atoms in total. The molecule has 94 valence electrons. The number of aliphatic imine (C=N–C) groups is 1. The average molecular weight is 228 g/mol. The lowest BCUT2D eigenvalue weighted by molar-refractivity contribution is 0.187. The molecule has 0 amide bonds. The van der Waals surface area contributed by atoms with Crippen LogP contribution in [-0.2, 0) is 4.74 Å². The maximum absolute atomic E-state index is 5.45. The van der Waals surface area contributed by atoms with Crippen LogP contribution in [0.4, 0.5) is 0 Å². The van der Waals surface area contributed by atoms with Gasteiger partial charge >= 0.3 is 0 Å². The fourth-order valence-electron chi connectivity index (χ4n) is 1.93. The fourth-order valence-corrected chi connectivity index (χ4v) is 1.93. The average Bonchev–Trinajstić information content (AvgIpc) is 2.78. The molecule has 1 unspecified atom stereocenters. The molecule has 16 heavy (non-hydrogen) atoms. The summed E-state index contributed by atoms with van der Waals surface area (Å²) in [5.74, 6) is 6.16. The van der Waals surface area contributed by atoms with Gasteiger partial charge < -0.3 is 10.1 Å². The SMILES string of the molecule is COCCC(C)NC(=NC1CCCC1)NN. The molecular weight excluding hydrogens is 204 g/mol. The summed E-state index contributed by atoms with van der Waals surface area (Å²) < 4.78 is 5.03. The van der Waals surface area contributed by atoms with E-state index in [0.29, 0.717) is 18.0 Å². The van der Waals surface area contributed by atoms with Gasteiger partial charge in [0.2, 0.25) is 5.96 Å². The highest BCUT2D eigenvalue weighted by Gasteiger charge is 2.15. The molecule has 1 fully saturated rings. The number of nitrogens with zero attached hydrogens (tertiary/aromatic N) is 1. The van der Waals surface area contributed by atoms with Gasteiger partial charge in [0.1, 0.15) is 0 Å². The summed E-state index contributed by atoms with van der Waals surface area (Å²) in [4.78, 5) is 4.57. The Morgan fingerprint density at radius 1 is 1.50 bits per heavy atom. The minimum Gasteiger partial charge on any atom is -0.385 e. The van der Waals surface area contributed by atoms with Crippen LogP contribution in [-0.4, -0.2) is 31.8 Å². The van der Waals surface area contributed by atoms with E-state index in [4.69, 9.17) is 10.6 Å². The molecule has 1 atom stereocenters. The topological polar surface area (TPSA) is 71.7 Å². The Labute approximate surface area is 97.8 Å². The van der Waals surface area contributed by atoms with Crippen molar-refractivity contribution in [2.45, 2.75) is 51.1 Å². The summed E-state index contributed by atoms with van der Waals surface area (Å²) in [6, 6.07) is 0.754. The van der Waals surface area contributed by atoms with Gasteiger partial charge in [0, 0.05) is 19.8 Å². The Kier molecular flexibility index (Phi) is 6.18. The summed E-state index contributed by atoms with van der Waals surface area (Å²) in [5, 5.41) is 3.26. The van der Waals surface area contributed by atoms with Crippen LogP contribution in [0, 0.1) is 0 Å². The molecular formula is C11H24N4O. The normalized spacial score (nSPS) is 19.8. The third kappa shape index (κ3) is 4.81. The Morgan fingerprint density at radius 2 is 2.19 bits per heavy atom. The van der Waals surface area contributed by atoms with E-state index in [0.717, 1.165) is 13.0 Å². The highest BCUT2D eigenvalue weighted by Crippen LogP contribution is 2.20. The second kappa shape index (κ2) is 7.46. The lowest BCUT2D eigenvalue weighted by Gasteiger charge is -2.17. The molecule has 4 N–H and O–H groups in total. The van der Waals surface area contributed by atoms with E-state index < -0.39 is 0 Å². The molecule has 0 saturated heterocycles. The Balaban J connectivity index is 2.34. The number of rotatable bonds is 5. The van der Waals surface area contributed by atoms with Gasteiger partial charge in [-0.05, 0) is 26.2 Å². The van der Waals surface area contributed by atoms with E-state index in [2.05, 4.69) is 22.7 Å². The van der Waals surface area contributed by atoms with Crippen LogP contribution in [0.1, 0.15) is 39.0 Å². The van der Waals surface area contributed by atoms with Gasteiger partial charge in [0.05, 0.1) is 6.04 Å². The summed E-state index contributed by atoms with van der Waals surface area (Å²) in [6.45, 7) is 2.84. The van der Waals surface area contributed by atoms with Crippen molar-refractivity contribution in [3.8, 4) is 0 Å². The highest BCUT2D eigenvalue weighted by molar-refractivity contribution is 5.79. The second-order valence-corrected chi connectivity index (χ2v) is 4.39. The molecule has 0 aromatic rings. The van der Waals surface area contributed by atoms with Crippen molar-refractivity contribution in [3.63, 3.8) is 0 Å². The molecule has 1 rings (SSSR count). The zero-order valence-electron chi connectivity index (χ0n) is 10.3. The van der Waals surface area contributed by atoms with Crippen molar-refractivity contribution < 1.29 is 4.74 Å². The van der Waals surface area contributed by atoms with Crippen LogP contribution in [0.15, 0.2) is 4.99 Å². The Bertz CT molecular complexity index is 214. The standard InChI is InChI=1S/C11H24N4O/c1-9(7-8-16-2)13-11(15-12)14-10-5-3-4-6-10/h9-10H,3-8,12H2,1-2H3,(H2,13,14,15). The smallest absolute Gasteiger partial charge is 0.206 e. The third-order valence-electron chi connectivity index (χ3n) is 2.91. The number of ether oxygens (including phenoxy) is 1. The van der Waals surface area contributed by atoms with Crippen LogP contribution in [0.25, 0.3) is 0 Å². The first-order valence-corrected chi connectivity index (χ1v) is 6.06. The number of hydrazine groups is 1. The van der Waals surface area contributed by atoms with Gasteiger partial charge in [-0.2, -0.15) is 0 Å². The number of hydrogen-bond acceptors (Lipinski definition) is 3. The number of nitrogens with two attached hydrogens (primary N) is 1. The minimum absolute atomic E-state index is 0.316. The van der Waals surface area contributed by atoms with E-state index in [1.54, 1.807) is 7.11 Å². The van der Waals surface area contributed by atoms with Crippen molar-refractivity contribution in [3.05, 3.63) is 0 Å².